The Kier molecular flexibility index (Phi) is 5.23. The Bertz CT molecular complexity index is 610. The van der Waals surface area contributed by atoms with Gasteiger partial charge < -0.3 is 10.0 Å². The van der Waals surface area contributed by atoms with E-state index in [0.717, 1.165) is 17.7 Å². The predicted molar refractivity (Wildman–Crippen MR) is 86.0 cm³/mol. The predicted octanol–water partition coefficient (Wildman–Crippen LogP) is 3.99. The number of aliphatic carboxylic acids is 1. The molecular formula is C17H18ClNO2. The van der Waals surface area contributed by atoms with Crippen molar-refractivity contribution in [2.45, 2.75) is 19.9 Å². The summed E-state index contributed by atoms with van der Waals surface area (Å²) >= 11 is 5.90. The largest absolute Gasteiger partial charge is 0.480 e. The van der Waals surface area contributed by atoms with E-state index in [1.807, 2.05) is 35.2 Å². The quantitative estimate of drug-likeness (QED) is 0.877. The summed E-state index contributed by atoms with van der Waals surface area (Å²) in [5, 5.41) is 9.78. The highest BCUT2D eigenvalue weighted by Crippen LogP contribution is 2.21. The number of benzene rings is 2. The van der Waals surface area contributed by atoms with Crippen molar-refractivity contribution in [2.75, 3.05) is 11.4 Å². The lowest BCUT2D eigenvalue weighted by Gasteiger charge is -2.24. The van der Waals surface area contributed by atoms with E-state index in [9.17, 15) is 4.79 Å². The van der Waals surface area contributed by atoms with Gasteiger partial charge in [0.05, 0.1) is 0 Å². The molecule has 0 aliphatic rings. The fraction of sp³-hybridized carbons (Fsp3) is 0.235. The molecule has 2 rings (SSSR count). The number of halogens is 1. The topological polar surface area (TPSA) is 40.5 Å². The fourth-order valence-electron chi connectivity index (χ4n) is 2.32. The van der Waals surface area contributed by atoms with Gasteiger partial charge in [0.15, 0.2) is 0 Å². The Morgan fingerprint density at radius 2 is 1.71 bits per heavy atom. The molecule has 0 saturated heterocycles. The van der Waals surface area contributed by atoms with Crippen molar-refractivity contribution >= 4 is 23.3 Å². The summed E-state index contributed by atoms with van der Waals surface area (Å²) in [6, 6.07) is 15.4. The van der Waals surface area contributed by atoms with Gasteiger partial charge in [-0.25, -0.2) is 0 Å². The first-order chi connectivity index (χ1) is 10.1. The Morgan fingerprint density at radius 1 is 1.10 bits per heavy atom. The molecule has 4 heteroatoms. The summed E-state index contributed by atoms with van der Waals surface area (Å²) in [7, 11) is 0. The maximum absolute atomic E-state index is 11.1. The van der Waals surface area contributed by atoms with Crippen LogP contribution < -0.4 is 4.90 Å². The van der Waals surface area contributed by atoms with Gasteiger partial charge in [-0.15, -0.1) is 0 Å². The van der Waals surface area contributed by atoms with Gasteiger partial charge in [-0.2, -0.15) is 0 Å². The number of anilines is 1. The van der Waals surface area contributed by atoms with Crippen LogP contribution in [0.2, 0.25) is 5.02 Å². The average Bonchev–Trinajstić information content (AvgIpc) is 2.47. The van der Waals surface area contributed by atoms with Gasteiger partial charge in [0.25, 0.3) is 0 Å². The van der Waals surface area contributed by atoms with Crippen LogP contribution in [0.3, 0.4) is 0 Å². The highest BCUT2D eigenvalue weighted by atomic mass is 35.5. The lowest BCUT2D eigenvalue weighted by atomic mass is 10.0. The molecule has 0 radical (unpaired) electrons. The summed E-state index contributed by atoms with van der Waals surface area (Å²) in [6.07, 6.45) is 0.928. The zero-order valence-corrected chi connectivity index (χ0v) is 12.7. The number of aryl methyl sites for hydroxylation is 1. The molecule has 0 saturated carbocycles. The van der Waals surface area contributed by atoms with Crippen molar-refractivity contribution in [2.24, 2.45) is 0 Å². The van der Waals surface area contributed by atoms with E-state index in [0.29, 0.717) is 11.6 Å². The van der Waals surface area contributed by atoms with Crippen LogP contribution in [0.25, 0.3) is 0 Å². The maximum atomic E-state index is 11.1. The highest BCUT2D eigenvalue weighted by molar-refractivity contribution is 6.30. The molecule has 0 atom stereocenters. The fourth-order valence-corrected chi connectivity index (χ4v) is 2.44. The number of carboxylic acid groups (broad SMARTS) is 1. The molecule has 0 amide bonds. The Balaban J connectivity index is 2.28. The van der Waals surface area contributed by atoms with Gasteiger partial charge in [-0.05, 0) is 41.8 Å². The first-order valence-corrected chi connectivity index (χ1v) is 7.27. The van der Waals surface area contributed by atoms with Gasteiger partial charge in [0, 0.05) is 17.3 Å². The standard InChI is InChI=1S/C17H18ClNO2/c1-2-13-5-3-4-6-14(13)11-19(12-17(20)21)16-9-7-15(18)8-10-16/h3-10H,2,11-12H2,1H3,(H,20,21). The molecule has 0 fully saturated rings. The molecule has 0 heterocycles. The first-order valence-electron chi connectivity index (χ1n) is 6.89. The molecule has 0 unspecified atom stereocenters. The molecular weight excluding hydrogens is 286 g/mol. The van der Waals surface area contributed by atoms with E-state index in [-0.39, 0.29) is 6.54 Å². The first kappa shape index (κ1) is 15.4. The van der Waals surface area contributed by atoms with Gasteiger partial charge >= 0.3 is 5.97 Å². The Morgan fingerprint density at radius 3 is 2.29 bits per heavy atom. The Hall–Kier alpha value is -2.00. The smallest absolute Gasteiger partial charge is 0.323 e. The van der Waals surface area contributed by atoms with Crippen molar-refractivity contribution in [3.05, 3.63) is 64.7 Å². The van der Waals surface area contributed by atoms with Gasteiger partial charge in [-0.3, -0.25) is 4.79 Å². The number of hydrogen-bond donors (Lipinski definition) is 1. The number of carboxylic acids is 1. The third-order valence-corrected chi connectivity index (χ3v) is 3.63. The van der Waals surface area contributed by atoms with Crippen LogP contribution in [0.15, 0.2) is 48.5 Å². The van der Waals surface area contributed by atoms with Crippen molar-refractivity contribution in [1.82, 2.24) is 0 Å². The summed E-state index contributed by atoms with van der Waals surface area (Å²) in [5.74, 6) is -0.848. The third-order valence-electron chi connectivity index (χ3n) is 3.38. The van der Waals surface area contributed by atoms with Crippen LogP contribution in [0, 0.1) is 0 Å². The minimum atomic E-state index is -0.848. The van der Waals surface area contributed by atoms with E-state index in [2.05, 4.69) is 13.0 Å². The monoisotopic (exact) mass is 303 g/mol. The van der Waals surface area contributed by atoms with E-state index in [4.69, 9.17) is 16.7 Å². The van der Waals surface area contributed by atoms with Gasteiger partial charge in [-0.1, -0.05) is 42.8 Å². The lowest BCUT2D eigenvalue weighted by Crippen LogP contribution is -2.29. The van der Waals surface area contributed by atoms with Crippen LogP contribution in [-0.2, 0) is 17.8 Å². The third kappa shape index (κ3) is 4.23. The number of nitrogens with zero attached hydrogens (tertiary/aromatic N) is 1. The van der Waals surface area contributed by atoms with Crippen LogP contribution in [-0.4, -0.2) is 17.6 Å². The molecule has 1 N–H and O–H groups in total. The highest BCUT2D eigenvalue weighted by Gasteiger charge is 2.13. The summed E-state index contributed by atoms with van der Waals surface area (Å²) in [5.41, 5.74) is 3.24. The van der Waals surface area contributed by atoms with Crippen LogP contribution >= 0.6 is 11.6 Å². The second kappa shape index (κ2) is 7.14. The molecule has 0 aromatic heterocycles. The molecule has 110 valence electrons. The van der Waals surface area contributed by atoms with Crippen molar-refractivity contribution in [3.8, 4) is 0 Å². The zero-order chi connectivity index (χ0) is 15.2. The SMILES string of the molecule is CCc1ccccc1CN(CC(=O)O)c1ccc(Cl)cc1. The minimum Gasteiger partial charge on any atom is -0.480 e. The molecule has 0 spiro atoms. The average molecular weight is 304 g/mol. The van der Waals surface area contributed by atoms with Crippen molar-refractivity contribution in [3.63, 3.8) is 0 Å². The van der Waals surface area contributed by atoms with Crippen LogP contribution in [0.4, 0.5) is 5.69 Å². The van der Waals surface area contributed by atoms with E-state index in [1.165, 1.54) is 5.56 Å². The number of carbonyl (C=O) groups is 1. The lowest BCUT2D eigenvalue weighted by molar-refractivity contribution is -0.135. The van der Waals surface area contributed by atoms with E-state index < -0.39 is 5.97 Å². The molecule has 0 bridgehead atoms. The normalized spacial score (nSPS) is 10.4. The maximum Gasteiger partial charge on any atom is 0.323 e. The summed E-state index contributed by atoms with van der Waals surface area (Å²) in [4.78, 5) is 13.0. The van der Waals surface area contributed by atoms with Crippen LogP contribution in [0.1, 0.15) is 18.1 Å². The molecule has 2 aromatic rings. The summed E-state index contributed by atoms with van der Waals surface area (Å²) in [6.45, 7) is 2.63. The molecule has 0 aliphatic heterocycles. The number of hydrogen-bond acceptors (Lipinski definition) is 2. The van der Waals surface area contributed by atoms with E-state index >= 15 is 0 Å². The van der Waals surface area contributed by atoms with Gasteiger partial charge in [0.1, 0.15) is 6.54 Å². The van der Waals surface area contributed by atoms with E-state index in [1.54, 1.807) is 12.1 Å². The molecule has 0 aliphatic carbocycles. The second-order valence-electron chi connectivity index (χ2n) is 4.85. The molecule has 3 nitrogen and oxygen atoms in total. The molecule has 2 aromatic carbocycles. The van der Waals surface area contributed by atoms with Crippen molar-refractivity contribution in [1.29, 1.82) is 0 Å². The number of rotatable bonds is 6. The second-order valence-corrected chi connectivity index (χ2v) is 5.28. The van der Waals surface area contributed by atoms with Crippen LogP contribution in [0.5, 0.6) is 0 Å². The zero-order valence-electron chi connectivity index (χ0n) is 11.9. The Labute approximate surface area is 129 Å². The van der Waals surface area contributed by atoms with Gasteiger partial charge in [0.2, 0.25) is 0 Å². The summed E-state index contributed by atoms with van der Waals surface area (Å²) < 4.78 is 0. The molecule has 21 heavy (non-hydrogen) atoms. The van der Waals surface area contributed by atoms with Crippen molar-refractivity contribution < 1.29 is 9.90 Å². The minimum absolute atomic E-state index is 0.0420.